The predicted octanol–water partition coefficient (Wildman–Crippen LogP) is 4.75. The van der Waals surface area contributed by atoms with Gasteiger partial charge in [0.2, 0.25) is 5.91 Å². The number of Topliss-reactive ketones (excluding diaryl/α,β-unsaturated/α-hetero) is 1. The van der Waals surface area contributed by atoms with E-state index in [-0.39, 0.29) is 34.8 Å². The molecular formula is C45H53ClN10O4. The maximum atomic E-state index is 13.6. The van der Waals surface area contributed by atoms with Crippen LogP contribution in [-0.2, 0) is 17.8 Å². The molecule has 9 rings (SSSR count). The van der Waals surface area contributed by atoms with Gasteiger partial charge in [-0.2, -0.15) is 0 Å². The standard InChI is InChI=1S/C45H53ClN10O4/c1-28-8-12-38(43(58)49-28)55-27-36-34(44(55)59)11-13-37(41(36)46)54-22-18-52(19-23-54)15-14-51-16-20-53(21-17-51)33-10-9-31(47-25-33)24-39-48-26-35-29(2)40(30(3)57)45(60)56(42(35)50-39)32-6-4-5-7-32/h9-11,13,25-26,32,38H,1,4-8,12,14-24,27H2,2-3H3,(H,49,58). The quantitative estimate of drug-likeness (QED) is 0.222. The number of pyridine rings is 2. The van der Waals surface area contributed by atoms with Crippen LogP contribution in [0.4, 0.5) is 11.4 Å². The molecule has 14 nitrogen and oxygen atoms in total. The summed E-state index contributed by atoms with van der Waals surface area (Å²) in [5, 5.41) is 4.18. The minimum absolute atomic E-state index is 0.0439. The van der Waals surface area contributed by atoms with Gasteiger partial charge in [0.05, 0.1) is 34.6 Å². The summed E-state index contributed by atoms with van der Waals surface area (Å²) >= 11 is 6.99. The number of allylic oxidation sites excluding steroid dienone is 1. The zero-order valence-electron chi connectivity index (χ0n) is 34.6. The number of hydrogen-bond acceptors (Lipinski definition) is 11. The Morgan fingerprint density at radius 2 is 1.58 bits per heavy atom. The van der Waals surface area contributed by atoms with Crippen LogP contribution in [0.5, 0.6) is 0 Å². The van der Waals surface area contributed by atoms with E-state index in [2.05, 4.69) is 42.5 Å². The van der Waals surface area contributed by atoms with E-state index in [9.17, 15) is 19.2 Å². The first-order valence-electron chi connectivity index (χ1n) is 21.5. The Morgan fingerprint density at radius 1 is 0.883 bits per heavy atom. The number of amides is 2. The molecule has 3 aromatic heterocycles. The summed E-state index contributed by atoms with van der Waals surface area (Å²) in [5.41, 5.74) is 6.29. The average Bonchev–Trinajstić information content (AvgIpc) is 3.89. The summed E-state index contributed by atoms with van der Waals surface area (Å²) in [6, 6.07) is 7.55. The second-order valence-electron chi connectivity index (χ2n) is 17.0. The number of ketones is 1. The lowest BCUT2D eigenvalue weighted by Gasteiger charge is -2.39. The Morgan fingerprint density at radius 3 is 2.23 bits per heavy atom. The normalized spacial score (nSPS) is 20.7. The van der Waals surface area contributed by atoms with Crippen molar-refractivity contribution in [3.8, 4) is 0 Å². The third kappa shape index (κ3) is 7.69. The summed E-state index contributed by atoms with van der Waals surface area (Å²) in [5.74, 6) is 0.0784. The van der Waals surface area contributed by atoms with E-state index < -0.39 is 6.04 Å². The molecule has 4 aliphatic heterocycles. The lowest BCUT2D eigenvalue weighted by atomic mass is 10.0. The Kier molecular flexibility index (Phi) is 11.2. The molecule has 314 valence electrons. The highest BCUT2D eigenvalue weighted by Gasteiger charge is 2.40. The minimum Gasteiger partial charge on any atom is -0.368 e. The van der Waals surface area contributed by atoms with Crippen molar-refractivity contribution >= 4 is 51.6 Å². The molecule has 15 heteroatoms. The third-order valence-corrected chi connectivity index (χ3v) is 13.8. The molecule has 60 heavy (non-hydrogen) atoms. The van der Waals surface area contributed by atoms with E-state index >= 15 is 0 Å². The molecule has 5 aliphatic rings. The summed E-state index contributed by atoms with van der Waals surface area (Å²) in [6.07, 6.45) is 9.33. The van der Waals surface area contributed by atoms with E-state index in [4.69, 9.17) is 21.6 Å². The van der Waals surface area contributed by atoms with E-state index in [1.54, 1.807) is 15.7 Å². The summed E-state index contributed by atoms with van der Waals surface area (Å²) in [4.78, 5) is 77.8. The molecule has 1 saturated carbocycles. The first-order valence-corrected chi connectivity index (χ1v) is 21.8. The molecule has 4 aromatic rings. The van der Waals surface area contributed by atoms with Gasteiger partial charge in [0.15, 0.2) is 5.78 Å². The Balaban J connectivity index is 0.753. The number of piperazine rings is 2. The summed E-state index contributed by atoms with van der Waals surface area (Å²) < 4.78 is 1.76. The lowest BCUT2D eigenvalue weighted by molar-refractivity contribution is -0.126. The number of aryl methyl sites for hydroxylation is 1. The monoisotopic (exact) mass is 832 g/mol. The summed E-state index contributed by atoms with van der Waals surface area (Å²) in [6.45, 7) is 16.9. The van der Waals surface area contributed by atoms with Crippen molar-refractivity contribution in [3.63, 3.8) is 0 Å². The predicted molar refractivity (Wildman–Crippen MR) is 232 cm³/mol. The van der Waals surface area contributed by atoms with E-state index in [0.29, 0.717) is 59.1 Å². The number of nitrogens with one attached hydrogen (secondary N) is 1. The minimum atomic E-state index is -0.504. The number of piperidine rings is 1. The van der Waals surface area contributed by atoms with Crippen LogP contribution >= 0.6 is 11.6 Å². The van der Waals surface area contributed by atoms with Gasteiger partial charge in [0.1, 0.15) is 17.5 Å². The zero-order chi connectivity index (χ0) is 41.7. The molecule has 1 unspecified atom stereocenters. The van der Waals surface area contributed by atoms with Gasteiger partial charge in [-0.15, -0.1) is 0 Å². The first-order chi connectivity index (χ1) is 29.0. The highest BCUT2D eigenvalue weighted by molar-refractivity contribution is 6.35. The molecule has 3 saturated heterocycles. The number of carbonyl (C=O) groups excluding carboxylic acids is 3. The van der Waals surface area contributed by atoms with Gasteiger partial charge in [0.25, 0.3) is 11.5 Å². The molecule has 1 aromatic carbocycles. The Labute approximate surface area is 355 Å². The van der Waals surface area contributed by atoms with E-state index in [1.165, 1.54) is 6.92 Å². The van der Waals surface area contributed by atoms with Gasteiger partial charge in [0, 0.05) is 112 Å². The molecule has 0 radical (unpaired) electrons. The fraction of sp³-hybridized carbons (Fsp3) is 0.489. The molecular weight excluding hydrogens is 780 g/mol. The largest absolute Gasteiger partial charge is 0.368 e. The number of hydrogen-bond donors (Lipinski definition) is 1. The fourth-order valence-electron chi connectivity index (χ4n) is 9.88. The van der Waals surface area contributed by atoms with Crippen LogP contribution in [0.3, 0.4) is 0 Å². The van der Waals surface area contributed by atoms with Gasteiger partial charge < -0.3 is 20.0 Å². The fourth-order valence-corrected chi connectivity index (χ4v) is 10.2. The molecule has 4 fully saturated rings. The van der Waals surface area contributed by atoms with Gasteiger partial charge in [-0.3, -0.25) is 38.5 Å². The van der Waals surface area contributed by atoms with Crippen LogP contribution in [0.25, 0.3) is 11.0 Å². The topological polar surface area (TPSA) is 140 Å². The number of carbonyl (C=O) groups is 3. The van der Waals surface area contributed by atoms with Crippen LogP contribution in [-0.4, -0.2) is 123 Å². The molecule has 0 bridgehead atoms. The van der Waals surface area contributed by atoms with Gasteiger partial charge >= 0.3 is 0 Å². The SMILES string of the molecule is C=C1CCC(N2Cc3c(ccc(N4CCN(CCN5CCN(c6ccc(Cc7ncc8c(C)c(C(C)=O)c(=O)n(C9CCCC9)c8n7)nc6)CC5)CC4)c3Cl)C2=O)C(=O)N1. The maximum absolute atomic E-state index is 13.6. The molecule has 1 atom stereocenters. The molecule has 1 aliphatic carbocycles. The van der Waals surface area contributed by atoms with Crippen molar-refractivity contribution < 1.29 is 14.4 Å². The molecule has 1 N–H and O–H groups in total. The number of benzene rings is 1. The second kappa shape index (κ2) is 16.7. The van der Waals surface area contributed by atoms with Gasteiger partial charge in [-0.25, -0.2) is 9.97 Å². The van der Waals surface area contributed by atoms with Crippen molar-refractivity contribution in [2.24, 2.45) is 0 Å². The number of fused-ring (bicyclic) bond motifs is 2. The van der Waals surface area contributed by atoms with Crippen molar-refractivity contribution in [2.45, 2.75) is 77.4 Å². The second-order valence-corrected chi connectivity index (χ2v) is 17.4. The van der Waals surface area contributed by atoms with Crippen molar-refractivity contribution in [1.29, 1.82) is 0 Å². The highest BCUT2D eigenvalue weighted by atomic mass is 35.5. The number of nitrogens with zero attached hydrogens (tertiary/aromatic N) is 9. The van der Waals surface area contributed by atoms with Crippen LogP contribution in [0, 0.1) is 6.92 Å². The van der Waals surface area contributed by atoms with E-state index in [0.717, 1.165) is 119 Å². The van der Waals surface area contributed by atoms with Crippen molar-refractivity contribution in [2.75, 3.05) is 75.2 Å². The van der Waals surface area contributed by atoms with Crippen molar-refractivity contribution in [1.82, 2.24) is 39.5 Å². The number of halogens is 1. The number of aromatic nitrogens is 4. The zero-order valence-corrected chi connectivity index (χ0v) is 35.3. The van der Waals surface area contributed by atoms with Gasteiger partial charge in [-0.05, 0) is 69.4 Å². The number of anilines is 2. The molecule has 7 heterocycles. The number of rotatable bonds is 10. The Bertz CT molecular complexity index is 2410. The average molecular weight is 833 g/mol. The van der Waals surface area contributed by atoms with Crippen LogP contribution < -0.4 is 20.7 Å². The Hall–Kier alpha value is -5.18. The van der Waals surface area contributed by atoms with Crippen LogP contribution in [0.2, 0.25) is 5.02 Å². The third-order valence-electron chi connectivity index (χ3n) is 13.4. The van der Waals surface area contributed by atoms with Crippen molar-refractivity contribution in [3.05, 3.63) is 98.1 Å². The maximum Gasteiger partial charge on any atom is 0.263 e. The smallest absolute Gasteiger partial charge is 0.263 e. The van der Waals surface area contributed by atoms with Gasteiger partial charge in [-0.1, -0.05) is 31.0 Å². The molecule has 2 amide bonds. The molecule has 0 spiro atoms. The first kappa shape index (κ1) is 40.2. The van der Waals surface area contributed by atoms with Crippen LogP contribution in [0.15, 0.2) is 53.7 Å². The summed E-state index contributed by atoms with van der Waals surface area (Å²) in [7, 11) is 0. The lowest BCUT2D eigenvalue weighted by Crippen LogP contribution is -2.51. The highest BCUT2D eigenvalue weighted by Crippen LogP contribution is 2.39. The van der Waals surface area contributed by atoms with Crippen LogP contribution in [0.1, 0.15) is 94.9 Å². The van der Waals surface area contributed by atoms with E-state index in [1.807, 2.05) is 31.3 Å².